The van der Waals surface area contributed by atoms with Gasteiger partial charge in [-0.25, -0.2) is 0 Å². The first-order chi connectivity index (χ1) is 7.08. The number of carboxylic acid groups (broad SMARTS) is 1. The number of rotatable bonds is 5. The van der Waals surface area contributed by atoms with Crippen LogP contribution in [0.2, 0.25) is 0 Å². The van der Waals surface area contributed by atoms with Crippen LogP contribution in [0.4, 0.5) is 0 Å². The van der Waals surface area contributed by atoms with Gasteiger partial charge in [0.2, 0.25) is 0 Å². The van der Waals surface area contributed by atoms with E-state index in [-0.39, 0.29) is 0 Å². The molecule has 0 amide bonds. The van der Waals surface area contributed by atoms with Gasteiger partial charge in [-0.2, -0.15) is 11.8 Å². The summed E-state index contributed by atoms with van der Waals surface area (Å²) in [5.74, 6) is 1.70. The van der Waals surface area contributed by atoms with Crippen LogP contribution in [0.3, 0.4) is 0 Å². The highest BCUT2D eigenvalue weighted by Gasteiger charge is 2.36. The molecule has 0 aromatic heterocycles. The third kappa shape index (κ3) is 3.68. The van der Waals surface area contributed by atoms with E-state index in [0.29, 0.717) is 0 Å². The van der Waals surface area contributed by atoms with E-state index in [4.69, 9.17) is 5.11 Å². The molecule has 1 saturated heterocycles. The van der Waals surface area contributed by atoms with Crippen molar-refractivity contribution in [3.8, 4) is 0 Å². The fourth-order valence-electron chi connectivity index (χ4n) is 1.82. The summed E-state index contributed by atoms with van der Waals surface area (Å²) in [5.41, 5.74) is -0.478. The average molecular weight is 231 g/mol. The van der Waals surface area contributed by atoms with Crippen LogP contribution in [0, 0.1) is 5.41 Å². The molecule has 1 aliphatic rings. The Morgan fingerprint density at radius 2 is 2.07 bits per heavy atom. The van der Waals surface area contributed by atoms with E-state index in [0.717, 1.165) is 32.5 Å². The van der Waals surface area contributed by atoms with Crippen molar-refractivity contribution >= 4 is 17.7 Å². The molecule has 0 atom stereocenters. The summed E-state index contributed by atoms with van der Waals surface area (Å²) >= 11 is 1.95. The first-order valence-corrected chi connectivity index (χ1v) is 6.77. The molecule has 0 radical (unpaired) electrons. The van der Waals surface area contributed by atoms with Gasteiger partial charge in [-0.15, -0.1) is 0 Å². The van der Waals surface area contributed by atoms with E-state index in [1.165, 1.54) is 11.5 Å². The van der Waals surface area contributed by atoms with E-state index in [1.807, 2.05) is 18.7 Å². The molecule has 4 heteroatoms. The fourth-order valence-corrected chi connectivity index (χ4v) is 2.50. The van der Waals surface area contributed by atoms with Crippen molar-refractivity contribution in [1.29, 1.82) is 0 Å². The lowest BCUT2D eigenvalue weighted by atomic mass is 9.80. The zero-order chi connectivity index (χ0) is 11.3. The van der Waals surface area contributed by atoms with E-state index in [9.17, 15) is 4.79 Å². The smallest absolute Gasteiger partial charge is 0.309 e. The Hall–Kier alpha value is -0.220. The van der Waals surface area contributed by atoms with Crippen LogP contribution in [-0.4, -0.2) is 47.1 Å². The van der Waals surface area contributed by atoms with Gasteiger partial charge >= 0.3 is 5.97 Å². The van der Waals surface area contributed by atoms with Crippen molar-refractivity contribution in [3.05, 3.63) is 0 Å². The van der Waals surface area contributed by atoms with Crippen LogP contribution in [0.15, 0.2) is 0 Å². The summed E-state index contributed by atoms with van der Waals surface area (Å²) in [4.78, 5) is 13.4. The van der Waals surface area contributed by atoms with E-state index in [2.05, 4.69) is 11.8 Å². The number of likely N-dealkylation sites (tertiary alicyclic amines) is 1. The second kappa shape index (κ2) is 5.75. The van der Waals surface area contributed by atoms with Gasteiger partial charge in [0, 0.05) is 12.3 Å². The summed E-state index contributed by atoms with van der Waals surface area (Å²) in [6, 6.07) is 0. The highest BCUT2D eigenvalue weighted by Crippen LogP contribution is 2.30. The second-order valence-corrected chi connectivity index (χ2v) is 5.80. The lowest BCUT2D eigenvalue weighted by Gasteiger charge is -2.36. The fraction of sp³-hybridized carbons (Fsp3) is 0.909. The van der Waals surface area contributed by atoms with Crippen molar-refractivity contribution in [2.75, 3.05) is 31.1 Å². The molecule has 0 spiro atoms. The minimum atomic E-state index is -0.634. The summed E-state index contributed by atoms with van der Waals surface area (Å²) in [6.07, 6.45) is 1.58. The van der Waals surface area contributed by atoms with E-state index in [1.54, 1.807) is 0 Å². The van der Waals surface area contributed by atoms with Crippen molar-refractivity contribution in [1.82, 2.24) is 4.90 Å². The molecule has 1 heterocycles. The average Bonchev–Trinajstić information content (AvgIpc) is 2.21. The number of piperidine rings is 1. The standard InChI is InChI=1S/C11H21NO2S/c1-3-15-9-8-12-6-4-11(2,5-7-12)10(13)14/h3-9H2,1-2H3,(H,13,14). The van der Waals surface area contributed by atoms with Crippen LogP contribution >= 0.6 is 11.8 Å². The summed E-state index contributed by atoms with van der Waals surface area (Å²) in [5, 5.41) is 9.08. The maximum Gasteiger partial charge on any atom is 0.309 e. The molecule has 0 aromatic rings. The van der Waals surface area contributed by atoms with Gasteiger partial charge in [-0.1, -0.05) is 6.92 Å². The number of thioether (sulfide) groups is 1. The molecule has 0 saturated carbocycles. The SMILES string of the molecule is CCSCCN1CCC(C)(C(=O)O)CC1. The number of carbonyl (C=O) groups is 1. The molecule has 0 bridgehead atoms. The summed E-state index contributed by atoms with van der Waals surface area (Å²) in [6.45, 7) is 7.02. The summed E-state index contributed by atoms with van der Waals surface area (Å²) < 4.78 is 0. The van der Waals surface area contributed by atoms with Crippen molar-refractivity contribution < 1.29 is 9.90 Å². The van der Waals surface area contributed by atoms with Gasteiger partial charge in [0.25, 0.3) is 0 Å². The molecule has 1 N–H and O–H groups in total. The molecule has 1 fully saturated rings. The Bertz CT molecular complexity index is 213. The molecule has 0 unspecified atom stereocenters. The molecule has 1 aliphatic heterocycles. The number of hydrogen-bond acceptors (Lipinski definition) is 3. The third-order valence-corrected chi connectivity index (χ3v) is 4.11. The van der Waals surface area contributed by atoms with Gasteiger partial charge in [0.1, 0.15) is 0 Å². The van der Waals surface area contributed by atoms with Crippen molar-refractivity contribution in [3.63, 3.8) is 0 Å². The molecular formula is C11H21NO2S. The Labute approximate surface area is 96.2 Å². The minimum absolute atomic E-state index is 0.478. The topological polar surface area (TPSA) is 40.5 Å². The second-order valence-electron chi connectivity index (χ2n) is 4.40. The highest BCUT2D eigenvalue weighted by molar-refractivity contribution is 7.99. The minimum Gasteiger partial charge on any atom is -0.481 e. The quantitative estimate of drug-likeness (QED) is 0.734. The van der Waals surface area contributed by atoms with Crippen molar-refractivity contribution in [2.45, 2.75) is 26.7 Å². The Morgan fingerprint density at radius 3 is 2.53 bits per heavy atom. The van der Waals surface area contributed by atoms with E-state index >= 15 is 0 Å². The van der Waals surface area contributed by atoms with Crippen LogP contribution in [-0.2, 0) is 4.79 Å². The zero-order valence-electron chi connectivity index (χ0n) is 9.66. The Kier molecular flexibility index (Phi) is 4.93. The number of carboxylic acids is 1. The molecule has 0 aliphatic carbocycles. The van der Waals surface area contributed by atoms with Crippen LogP contribution in [0.5, 0.6) is 0 Å². The van der Waals surface area contributed by atoms with Crippen molar-refractivity contribution in [2.24, 2.45) is 5.41 Å². The molecule has 3 nitrogen and oxygen atoms in total. The molecule has 0 aromatic carbocycles. The third-order valence-electron chi connectivity index (χ3n) is 3.23. The van der Waals surface area contributed by atoms with Gasteiger partial charge in [-0.05, 0) is 38.6 Å². The predicted molar refractivity (Wildman–Crippen MR) is 64.4 cm³/mol. The lowest BCUT2D eigenvalue weighted by molar-refractivity contribution is -0.150. The molecule has 15 heavy (non-hydrogen) atoms. The van der Waals surface area contributed by atoms with Gasteiger partial charge in [0.15, 0.2) is 0 Å². The van der Waals surface area contributed by atoms with Gasteiger partial charge < -0.3 is 10.0 Å². The maximum absolute atomic E-state index is 11.0. The molecule has 1 rings (SSSR count). The zero-order valence-corrected chi connectivity index (χ0v) is 10.5. The van der Waals surface area contributed by atoms with Crippen LogP contribution in [0.1, 0.15) is 26.7 Å². The summed E-state index contributed by atoms with van der Waals surface area (Å²) in [7, 11) is 0. The van der Waals surface area contributed by atoms with E-state index < -0.39 is 11.4 Å². The largest absolute Gasteiger partial charge is 0.481 e. The first-order valence-electron chi connectivity index (χ1n) is 5.62. The van der Waals surface area contributed by atoms with Gasteiger partial charge in [-0.3, -0.25) is 4.79 Å². The molecular weight excluding hydrogens is 210 g/mol. The van der Waals surface area contributed by atoms with Gasteiger partial charge in [0.05, 0.1) is 5.41 Å². The first kappa shape index (κ1) is 12.8. The number of aliphatic carboxylic acids is 1. The van der Waals surface area contributed by atoms with Crippen LogP contribution in [0.25, 0.3) is 0 Å². The number of nitrogens with zero attached hydrogens (tertiary/aromatic N) is 1. The Morgan fingerprint density at radius 1 is 1.47 bits per heavy atom. The number of hydrogen-bond donors (Lipinski definition) is 1. The lowest BCUT2D eigenvalue weighted by Crippen LogP contribution is -2.43. The predicted octanol–water partition coefficient (Wildman–Crippen LogP) is 1.93. The monoisotopic (exact) mass is 231 g/mol. The maximum atomic E-state index is 11.0. The normalized spacial score (nSPS) is 21.5. The molecule has 88 valence electrons. The highest BCUT2D eigenvalue weighted by atomic mass is 32.2. The Balaban J connectivity index is 2.26. The van der Waals surface area contributed by atoms with Crippen LogP contribution < -0.4 is 0 Å².